The number of nitro groups is 2. The van der Waals surface area contributed by atoms with Gasteiger partial charge >= 0.3 is 17.5 Å². The van der Waals surface area contributed by atoms with Crippen LogP contribution < -0.4 is 21.5 Å². The number of nitrogens with two attached hydrogens (primary N) is 1. The van der Waals surface area contributed by atoms with Crippen molar-refractivity contribution in [1.82, 2.24) is 25.3 Å². The maximum absolute atomic E-state index is 12.7. The summed E-state index contributed by atoms with van der Waals surface area (Å²) < 4.78 is 0. The number of benzene rings is 2. The Labute approximate surface area is 244 Å². The first-order valence-corrected chi connectivity index (χ1v) is 12.3. The molecule has 19 nitrogen and oxygen atoms in total. The molecule has 1 radical (unpaired) electrons. The van der Waals surface area contributed by atoms with Gasteiger partial charge in [-0.1, -0.05) is 0 Å². The number of hydrogen-bond donors (Lipinski definition) is 5. The predicted molar refractivity (Wildman–Crippen MR) is 149 cm³/mol. The van der Waals surface area contributed by atoms with Crippen molar-refractivity contribution in [3.05, 3.63) is 90.5 Å². The molecule has 44 heavy (non-hydrogen) atoms. The highest BCUT2D eigenvalue weighted by Crippen LogP contribution is 2.37. The lowest BCUT2D eigenvalue weighted by molar-refractivity contribution is -0.388. The van der Waals surface area contributed by atoms with Gasteiger partial charge in [-0.3, -0.25) is 34.6 Å². The Hall–Kier alpha value is -6.53. The smallest absolute Gasteiger partial charge is 0.326 e. The average Bonchev–Trinajstić information content (AvgIpc) is 2.97. The zero-order chi connectivity index (χ0) is 32.1. The van der Waals surface area contributed by atoms with Crippen molar-refractivity contribution in [3.8, 4) is 0 Å². The summed E-state index contributed by atoms with van der Waals surface area (Å²) in [7, 11) is 0. The van der Waals surface area contributed by atoms with Crippen LogP contribution in [0.2, 0.25) is 0 Å². The van der Waals surface area contributed by atoms with Gasteiger partial charge in [0.05, 0.1) is 34.3 Å². The van der Waals surface area contributed by atoms with Crippen molar-refractivity contribution in [1.29, 1.82) is 0 Å². The Morgan fingerprint density at radius 1 is 1.11 bits per heavy atom. The summed E-state index contributed by atoms with van der Waals surface area (Å²) in [5.41, 5.74) is 3.35. The summed E-state index contributed by atoms with van der Waals surface area (Å²) in [5, 5.41) is 43.8. The van der Waals surface area contributed by atoms with Gasteiger partial charge < -0.3 is 31.1 Å². The number of anilines is 3. The molecule has 0 aliphatic rings. The molecule has 0 saturated carbocycles. The predicted octanol–water partition coefficient (Wildman–Crippen LogP) is 1.30. The van der Waals surface area contributed by atoms with Gasteiger partial charge in [-0.25, -0.2) is 14.8 Å². The van der Waals surface area contributed by atoms with Crippen molar-refractivity contribution in [3.63, 3.8) is 0 Å². The van der Waals surface area contributed by atoms with E-state index in [1.807, 2.05) is 0 Å². The Bertz CT molecular complexity index is 1860. The molecule has 2 heterocycles. The zero-order valence-corrected chi connectivity index (χ0v) is 22.2. The second-order valence-corrected chi connectivity index (χ2v) is 9.02. The van der Waals surface area contributed by atoms with Crippen LogP contribution in [-0.2, 0) is 16.1 Å². The molecule has 225 valence electrons. The van der Waals surface area contributed by atoms with Gasteiger partial charge in [0, 0.05) is 29.8 Å². The molecule has 2 aromatic heterocycles. The number of fused-ring (bicyclic) bond motifs is 1. The molecule has 0 aliphatic carbocycles. The van der Waals surface area contributed by atoms with E-state index in [0.717, 1.165) is 12.1 Å². The van der Waals surface area contributed by atoms with Gasteiger partial charge in [-0.15, -0.1) is 0 Å². The van der Waals surface area contributed by atoms with Crippen LogP contribution in [0.1, 0.15) is 28.9 Å². The Kier molecular flexibility index (Phi) is 8.68. The number of rotatable bonds is 12. The summed E-state index contributed by atoms with van der Waals surface area (Å²) in [6.07, 6.45) is 0.371. The number of aromatic amines is 1. The lowest BCUT2D eigenvalue weighted by Crippen LogP contribution is -2.41. The number of carbonyl (C=O) groups excluding carboxylic acids is 1. The molecule has 0 bridgehead atoms. The van der Waals surface area contributed by atoms with E-state index in [-0.39, 0.29) is 52.7 Å². The van der Waals surface area contributed by atoms with Crippen molar-refractivity contribution >= 4 is 57.7 Å². The molecule has 4 aromatic rings. The molecule has 6 N–H and O–H groups in total. The third-order valence-corrected chi connectivity index (χ3v) is 6.08. The highest BCUT2D eigenvalue weighted by Gasteiger charge is 2.27. The Morgan fingerprint density at radius 2 is 1.82 bits per heavy atom. The number of aliphatic carboxylic acids is 2. The molecule has 1 amide bonds. The van der Waals surface area contributed by atoms with Crippen LogP contribution in [0.15, 0.2) is 47.4 Å². The van der Waals surface area contributed by atoms with Gasteiger partial charge in [0.25, 0.3) is 17.3 Å². The quantitative estimate of drug-likeness (QED) is 0.112. The van der Waals surface area contributed by atoms with Crippen LogP contribution in [-0.4, -0.2) is 63.9 Å². The molecular formula is C25H20N9O10. The van der Waals surface area contributed by atoms with Crippen LogP contribution in [0.5, 0.6) is 0 Å². The van der Waals surface area contributed by atoms with Gasteiger partial charge in [0.15, 0.2) is 11.2 Å². The van der Waals surface area contributed by atoms with Crippen molar-refractivity contribution < 1.29 is 34.4 Å². The van der Waals surface area contributed by atoms with E-state index < -0.39 is 57.1 Å². The first-order chi connectivity index (χ1) is 20.8. The summed E-state index contributed by atoms with van der Waals surface area (Å²) in [6.45, 7) is -0.323. The monoisotopic (exact) mass is 606 g/mol. The fourth-order valence-corrected chi connectivity index (χ4v) is 4.02. The number of amides is 1. The van der Waals surface area contributed by atoms with E-state index in [0.29, 0.717) is 0 Å². The van der Waals surface area contributed by atoms with Crippen LogP contribution in [0.25, 0.3) is 11.2 Å². The maximum Gasteiger partial charge on any atom is 0.326 e. The van der Waals surface area contributed by atoms with Crippen LogP contribution >= 0.6 is 0 Å². The van der Waals surface area contributed by atoms with E-state index in [4.69, 9.17) is 10.8 Å². The number of carbonyl (C=O) groups is 3. The second kappa shape index (κ2) is 12.5. The highest BCUT2D eigenvalue weighted by atomic mass is 16.6. The molecule has 19 heteroatoms. The van der Waals surface area contributed by atoms with E-state index >= 15 is 0 Å². The van der Waals surface area contributed by atoms with E-state index in [1.165, 1.54) is 35.4 Å². The minimum absolute atomic E-state index is 0.0205. The van der Waals surface area contributed by atoms with Crippen LogP contribution in [0.3, 0.4) is 0 Å². The molecule has 0 spiro atoms. The van der Waals surface area contributed by atoms with Crippen LogP contribution in [0.4, 0.5) is 28.7 Å². The standard InChI is InChI=1S/C25H20N9O10/c26-25-30-21-20(23(38)31-25)28-13(10-27-21)11-32(18-9-15(33(41)42)5-7-17(18)34(43)44)14-3-1-12(2-4-14)22(37)29-16(24(39)40)6-8-19(35)36/h1-4,7,9-10,16H,6,8,11H2,(H,29,37)(H,35,36)(H,39,40)(H3,26,27,30,31,38)/t16-/m0/s1. The second-order valence-electron chi connectivity index (χ2n) is 9.02. The number of non-ortho nitro benzene ring substituents is 1. The third-order valence-electron chi connectivity index (χ3n) is 6.08. The lowest BCUT2D eigenvalue weighted by atomic mass is 10.1. The van der Waals surface area contributed by atoms with Gasteiger partial charge in [0.1, 0.15) is 11.7 Å². The number of H-pyrrole nitrogens is 1. The number of nitrogens with one attached hydrogen (secondary N) is 2. The summed E-state index contributed by atoms with van der Waals surface area (Å²) in [4.78, 5) is 84.9. The fraction of sp³-hybridized carbons (Fsp3) is 0.160. The summed E-state index contributed by atoms with van der Waals surface area (Å²) in [5.74, 6) is -3.73. The minimum atomic E-state index is -1.49. The first-order valence-electron chi connectivity index (χ1n) is 12.3. The largest absolute Gasteiger partial charge is 0.481 e. The van der Waals surface area contributed by atoms with Crippen molar-refractivity contribution in [2.75, 3.05) is 10.6 Å². The topological polar surface area (TPSA) is 291 Å². The van der Waals surface area contributed by atoms with E-state index in [9.17, 15) is 44.5 Å². The van der Waals surface area contributed by atoms with Crippen LogP contribution in [0, 0.1) is 26.3 Å². The van der Waals surface area contributed by atoms with E-state index in [2.05, 4.69) is 31.3 Å². The van der Waals surface area contributed by atoms with E-state index in [1.54, 1.807) is 0 Å². The minimum Gasteiger partial charge on any atom is -0.481 e. The van der Waals surface area contributed by atoms with Gasteiger partial charge in [-0.2, -0.15) is 4.98 Å². The number of nitrogens with zero attached hydrogens (tertiary/aromatic N) is 6. The number of carboxylic acid groups (broad SMARTS) is 2. The molecule has 0 unspecified atom stereocenters. The fourth-order valence-electron chi connectivity index (χ4n) is 4.02. The van der Waals surface area contributed by atoms with Gasteiger partial charge in [0.2, 0.25) is 5.95 Å². The summed E-state index contributed by atoms with van der Waals surface area (Å²) in [6, 6.07) is 7.67. The molecular weight excluding hydrogens is 586 g/mol. The maximum atomic E-state index is 12.7. The highest BCUT2D eigenvalue weighted by molar-refractivity contribution is 5.97. The SMILES string of the molecule is Nc1nc(=O)c2nc(CN(c3ccc(C(=O)N[C@@H](CCC(=O)O)C(=O)O)cc3)c3cc([N+](=O)[O-])[c]cc3[N+](=O)[O-])cnc2[nH]1. The Morgan fingerprint density at radius 3 is 2.43 bits per heavy atom. The average molecular weight is 606 g/mol. The first kappa shape index (κ1) is 30.4. The number of carboxylic acids is 2. The number of aromatic nitrogens is 4. The molecule has 2 aromatic carbocycles. The number of hydrogen-bond acceptors (Lipinski definition) is 13. The molecule has 0 aliphatic heterocycles. The molecule has 1 atom stereocenters. The molecule has 0 fully saturated rings. The normalized spacial score (nSPS) is 11.5. The van der Waals surface area contributed by atoms with Crippen molar-refractivity contribution in [2.45, 2.75) is 25.4 Å². The zero-order valence-electron chi connectivity index (χ0n) is 22.2. The molecule has 4 rings (SSSR count). The van der Waals surface area contributed by atoms with Gasteiger partial charge in [-0.05, 0) is 30.7 Å². The van der Waals surface area contributed by atoms with Crippen molar-refractivity contribution in [2.24, 2.45) is 0 Å². The summed E-state index contributed by atoms with van der Waals surface area (Å²) >= 11 is 0. The number of nitro benzene ring substituents is 2. The number of nitrogen functional groups attached to an aromatic ring is 1. The molecule has 0 saturated heterocycles. The third kappa shape index (κ3) is 6.84. The Balaban J connectivity index is 1.76. The lowest BCUT2D eigenvalue weighted by Gasteiger charge is -2.24.